The van der Waals surface area contributed by atoms with Crippen LogP contribution in [0.25, 0.3) is 76.8 Å². The first-order valence-corrected chi connectivity index (χ1v) is 17.2. The Morgan fingerprint density at radius 1 is 0.312 bits per heavy atom. The molecule has 10 rings (SSSR count). The molecular weight excluding hydrogens is 577 g/mol. The Morgan fingerprint density at radius 2 is 0.708 bits per heavy atom. The van der Waals surface area contributed by atoms with E-state index < -0.39 is 0 Å². The number of rotatable bonds is 2. The molecule has 0 heterocycles. The van der Waals surface area contributed by atoms with E-state index in [9.17, 15) is 0 Å². The van der Waals surface area contributed by atoms with Gasteiger partial charge in [-0.05, 0) is 123 Å². The van der Waals surface area contributed by atoms with Gasteiger partial charge in [0.05, 0.1) is 0 Å². The summed E-state index contributed by atoms with van der Waals surface area (Å²) in [5, 5.41) is 7.79. The van der Waals surface area contributed by atoms with E-state index in [0.29, 0.717) is 0 Å². The molecule has 0 amide bonds. The van der Waals surface area contributed by atoms with Crippen LogP contribution in [0.15, 0.2) is 146 Å². The monoisotopic (exact) mass is 612 g/mol. The minimum Gasteiger partial charge on any atom is -0.0619 e. The maximum Gasteiger partial charge on any atom is 0.0159 e. The summed E-state index contributed by atoms with van der Waals surface area (Å²) in [5.41, 5.74) is 16.2. The molecule has 2 aliphatic carbocycles. The predicted octanol–water partition coefficient (Wildman–Crippen LogP) is 13.1. The molecule has 0 saturated carbocycles. The van der Waals surface area contributed by atoms with E-state index in [-0.39, 0.29) is 10.8 Å². The van der Waals surface area contributed by atoms with Gasteiger partial charge in [0.1, 0.15) is 0 Å². The minimum atomic E-state index is -0.0536. The Bertz CT molecular complexity index is 2610. The van der Waals surface area contributed by atoms with E-state index in [4.69, 9.17) is 0 Å². The molecule has 0 bridgehead atoms. The zero-order chi connectivity index (χ0) is 32.4. The van der Waals surface area contributed by atoms with Crippen LogP contribution in [-0.2, 0) is 10.8 Å². The molecule has 228 valence electrons. The highest BCUT2D eigenvalue weighted by Crippen LogP contribution is 2.53. The highest BCUT2D eigenvalue weighted by molar-refractivity contribution is 6.21. The Hall–Kier alpha value is -5.46. The van der Waals surface area contributed by atoms with Gasteiger partial charge in [0.2, 0.25) is 0 Å². The Labute approximate surface area is 282 Å². The van der Waals surface area contributed by atoms with Crippen LogP contribution in [0.1, 0.15) is 49.9 Å². The minimum absolute atomic E-state index is 0.00844. The number of fused-ring (bicyclic) bond motifs is 9. The average Bonchev–Trinajstić information content (AvgIpc) is 3.48. The molecule has 0 aromatic heterocycles. The first-order valence-electron chi connectivity index (χ1n) is 17.2. The van der Waals surface area contributed by atoms with Crippen LogP contribution < -0.4 is 0 Å². The third-order valence-electron chi connectivity index (χ3n) is 11.6. The molecule has 8 aromatic rings. The highest BCUT2D eigenvalue weighted by atomic mass is 14.4. The summed E-state index contributed by atoms with van der Waals surface area (Å²) in [6, 6.07) is 55.1. The molecule has 0 atom stereocenters. The summed E-state index contributed by atoms with van der Waals surface area (Å²) in [7, 11) is 0. The summed E-state index contributed by atoms with van der Waals surface area (Å²) in [4.78, 5) is 0. The molecule has 0 aliphatic heterocycles. The van der Waals surface area contributed by atoms with Crippen LogP contribution in [0.5, 0.6) is 0 Å². The van der Waals surface area contributed by atoms with Gasteiger partial charge in [0.15, 0.2) is 0 Å². The van der Waals surface area contributed by atoms with Crippen molar-refractivity contribution in [2.45, 2.75) is 38.5 Å². The highest BCUT2D eigenvalue weighted by Gasteiger charge is 2.37. The van der Waals surface area contributed by atoms with E-state index in [1.807, 2.05) is 0 Å². The van der Waals surface area contributed by atoms with Crippen molar-refractivity contribution in [1.82, 2.24) is 0 Å². The van der Waals surface area contributed by atoms with Crippen molar-refractivity contribution >= 4 is 32.3 Å². The molecule has 0 fully saturated rings. The van der Waals surface area contributed by atoms with E-state index in [2.05, 4.69) is 173 Å². The van der Waals surface area contributed by atoms with Crippen LogP contribution >= 0.6 is 0 Å². The second-order valence-electron chi connectivity index (χ2n) is 14.9. The molecule has 0 spiro atoms. The number of benzene rings is 8. The van der Waals surface area contributed by atoms with Crippen molar-refractivity contribution in [1.29, 1.82) is 0 Å². The molecule has 48 heavy (non-hydrogen) atoms. The zero-order valence-corrected chi connectivity index (χ0v) is 27.9. The quantitative estimate of drug-likeness (QED) is 0.170. The Balaban J connectivity index is 1.23. The molecule has 8 aromatic carbocycles. The first-order chi connectivity index (χ1) is 23.3. The maximum atomic E-state index is 2.47. The van der Waals surface area contributed by atoms with Crippen molar-refractivity contribution in [3.8, 4) is 44.5 Å². The van der Waals surface area contributed by atoms with Crippen molar-refractivity contribution in [2.75, 3.05) is 0 Å². The normalized spacial score (nSPS) is 15.0. The van der Waals surface area contributed by atoms with Gasteiger partial charge in [0, 0.05) is 10.8 Å². The van der Waals surface area contributed by atoms with Gasteiger partial charge in [-0.3, -0.25) is 0 Å². The molecule has 0 unspecified atom stereocenters. The topological polar surface area (TPSA) is 0 Å². The molecule has 0 radical (unpaired) electrons. The Kier molecular flexibility index (Phi) is 5.50. The summed E-state index contributed by atoms with van der Waals surface area (Å²) in [6.45, 7) is 9.47. The second kappa shape index (κ2) is 9.55. The Morgan fingerprint density at radius 3 is 1.27 bits per heavy atom. The lowest BCUT2D eigenvalue weighted by molar-refractivity contribution is 0.660. The number of hydrogen-bond acceptors (Lipinski definition) is 0. The fraction of sp³-hybridized carbons (Fsp3) is 0.125. The summed E-state index contributed by atoms with van der Waals surface area (Å²) in [5.74, 6) is 0. The van der Waals surface area contributed by atoms with Crippen LogP contribution in [0.2, 0.25) is 0 Å². The molecule has 0 nitrogen and oxygen atoms in total. The molecular formula is C48H36. The fourth-order valence-electron chi connectivity index (χ4n) is 9.22. The lowest BCUT2D eigenvalue weighted by Crippen LogP contribution is -2.14. The predicted molar refractivity (Wildman–Crippen MR) is 205 cm³/mol. The van der Waals surface area contributed by atoms with Crippen LogP contribution in [-0.4, -0.2) is 0 Å². The standard InChI is InChI=1S/C48H36/c1-47(2)41-20-12-11-15-33(41)38-26-31(21-23-42(38)47)45-34-16-7-9-18-36(34)46(37-19-10-8-17-35(37)45)32-22-24-43-39(27-32)40-25-29-13-5-6-14-30(29)28-44(40)48(43,3)4/h5-28H,1-4H3. The zero-order valence-electron chi connectivity index (χ0n) is 27.9. The van der Waals surface area contributed by atoms with Crippen molar-refractivity contribution in [3.63, 3.8) is 0 Å². The van der Waals surface area contributed by atoms with Gasteiger partial charge in [0.25, 0.3) is 0 Å². The van der Waals surface area contributed by atoms with Crippen LogP contribution in [0.3, 0.4) is 0 Å². The van der Waals surface area contributed by atoms with Gasteiger partial charge in [-0.1, -0.05) is 149 Å². The second-order valence-corrected chi connectivity index (χ2v) is 14.9. The van der Waals surface area contributed by atoms with Gasteiger partial charge >= 0.3 is 0 Å². The van der Waals surface area contributed by atoms with Gasteiger partial charge < -0.3 is 0 Å². The van der Waals surface area contributed by atoms with Gasteiger partial charge in [-0.2, -0.15) is 0 Å². The molecule has 0 heteroatoms. The maximum absolute atomic E-state index is 2.47. The molecule has 0 saturated heterocycles. The van der Waals surface area contributed by atoms with E-state index in [1.54, 1.807) is 0 Å². The molecule has 2 aliphatic rings. The number of hydrogen-bond donors (Lipinski definition) is 0. The summed E-state index contributed by atoms with van der Waals surface area (Å²) >= 11 is 0. The van der Waals surface area contributed by atoms with Crippen LogP contribution in [0, 0.1) is 0 Å². The van der Waals surface area contributed by atoms with Gasteiger partial charge in [-0.25, -0.2) is 0 Å². The summed E-state index contributed by atoms with van der Waals surface area (Å²) < 4.78 is 0. The van der Waals surface area contributed by atoms with Gasteiger partial charge in [-0.15, -0.1) is 0 Å². The first kappa shape index (κ1) is 27.6. The van der Waals surface area contributed by atoms with E-state index in [1.165, 1.54) is 99.1 Å². The van der Waals surface area contributed by atoms with E-state index >= 15 is 0 Å². The fourth-order valence-corrected chi connectivity index (χ4v) is 9.22. The SMILES string of the molecule is CC1(C)c2ccccc2-c2cc(-c3c4ccccc4c(-c4ccc5c(c4)-c4cc6ccccc6cc4C5(C)C)c4ccccc34)ccc21. The van der Waals surface area contributed by atoms with Crippen molar-refractivity contribution in [3.05, 3.63) is 168 Å². The average molecular weight is 613 g/mol. The smallest absolute Gasteiger partial charge is 0.0159 e. The third-order valence-corrected chi connectivity index (χ3v) is 11.6. The lowest BCUT2D eigenvalue weighted by atomic mass is 9.80. The summed E-state index contributed by atoms with van der Waals surface area (Å²) in [6.07, 6.45) is 0. The lowest BCUT2D eigenvalue weighted by Gasteiger charge is -2.23. The largest absolute Gasteiger partial charge is 0.0619 e. The van der Waals surface area contributed by atoms with Crippen molar-refractivity contribution in [2.24, 2.45) is 0 Å². The van der Waals surface area contributed by atoms with Crippen LogP contribution in [0.4, 0.5) is 0 Å². The third kappa shape index (κ3) is 3.61. The van der Waals surface area contributed by atoms with Crippen molar-refractivity contribution < 1.29 is 0 Å². The van der Waals surface area contributed by atoms with E-state index in [0.717, 1.165) is 0 Å². The molecule has 0 N–H and O–H groups in total.